The first kappa shape index (κ1) is 15.5. The molecule has 1 aromatic rings. The standard InChI is InChI=1S/C16H25N3O3/c1-11-13(12(2)18-17-11)5-6-15(20)19-9-14(21-3)16(10-19)7-4-8-22-16/h14H,4-10H2,1-3H3,(H,17,18)/t14-,16-/m0/s1. The van der Waals surface area contributed by atoms with Crippen molar-refractivity contribution in [3.63, 3.8) is 0 Å². The van der Waals surface area contributed by atoms with Crippen LogP contribution in [0.15, 0.2) is 0 Å². The van der Waals surface area contributed by atoms with Crippen LogP contribution in [0.1, 0.15) is 36.2 Å². The van der Waals surface area contributed by atoms with Gasteiger partial charge in [0, 0.05) is 32.4 Å². The van der Waals surface area contributed by atoms with Crippen LogP contribution in [-0.2, 0) is 20.7 Å². The number of rotatable bonds is 4. The topological polar surface area (TPSA) is 67.5 Å². The molecule has 3 heterocycles. The maximum Gasteiger partial charge on any atom is 0.223 e. The third-order valence-electron chi connectivity index (χ3n) is 5.07. The van der Waals surface area contributed by atoms with Crippen LogP contribution < -0.4 is 0 Å². The van der Waals surface area contributed by atoms with Crippen molar-refractivity contribution in [1.82, 2.24) is 15.1 Å². The van der Waals surface area contributed by atoms with Gasteiger partial charge in [-0.3, -0.25) is 9.89 Å². The van der Waals surface area contributed by atoms with E-state index in [1.54, 1.807) is 7.11 Å². The first-order valence-corrected chi connectivity index (χ1v) is 8.01. The van der Waals surface area contributed by atoms with E-state index in [1.165, 1.54) is 0 Å². The predicted octanol–water partition coefficient (Wildman–Crippen LogP) is 1.37. The summed E-state index contributed by atoms with van der Waals surface area (Å²) in [5.74, 6) is 0.175. The zero-order chi connectivity index (χ0) is 15.7. The lowest BCUT2D eigenvalue weighted by Crippen LogP contribution is -2.42. The molecular formula is C16H25N3O3. The van der Waals surface area contributed by atoms with E-state index < -0.39 is 0 Å². The number of carbonyl (C=O) groups is 1. The van der Waals surface area contributed by atoms with Gasteiger partial charge in [0.2, 0.25) is 5.91 Å². The lowest BCUT2D eigenvalue weighted by Gasteiger charge is -2.27. The zero-order valence-electron chi connectivity index (χ0n) is 13.6. The average Bonchev–Trinajstić information content (AvgIpc) is 3.20. The maximum atomic E-state index is 12.5. The molecule has 6 heteroatoms. The van der Waals surface area contributed by atoms with Crippen LogP contribution in [0.25, 0.3) is 0 Å². The molecule has 6 nitrogen and oxygen atoms in total. The number of methoxy groups -OCH3 is 1. The second-order valence-electron chi connectivity index (χ2n) is 6.43. The molecule has 0 unspecified atom stereocenters. The largest absolute Gasteiger partial charge is 0.377 e. The fourth-order valence-electron chi connectivity index (χ4n) is 3.77. The van der Waals surface area contributed by atoms with Gasteiger partial charge in [0.1, 0.15) is 11.7 Å². The molecule has 0 radical (unpaired) electrons. The third kappa shape index (κ3) is 2.65. The number of likely N-dealkylation sites (tertiary alicyclic amines) is 1. The normalized spacial score (nSPS) is 28.0. The summed E-state index contributed by atoms with van der Waals surface area (Å²) in [5.41, 5.74) is 2.92. The lowest BCUT2D eigenvalue weighted by molar-refractivity contribution is -0.131. The van der Waals surface area contributed by atoms with Crippen LogP contribution >= 0.6 is 0 Å². The molecular weight excluding hydrogens is 282 g/mol. The molecule has 1 amide bonds. The smallest absolute Gasteiger partial charge is 0.223 e. The van der Waals surface area contributed by atoms with Crippen molar-refractivity contribution < 1.29 is 14.3 Å². The van der Waals surface area contributed by atoms with Crippen molar-refractivity contribution >= 4 is 5.91 Å². The van der Waals surface area contributed by atoms with E-state index in [2.05, 4.69) is 10.2 Å². The number of hydrogen-bond acceptors (Lipinski definition) is 4. The third-order valence-corrected chi connectivity index (χ3v) is 5.07. The van der Waals surface area contributed by atoms with Crippen LogP contribution in [0.3, 0.4) is 0 Å². The number of aromatic amines is 1. The van der Waals surface area contributed by atoms with E-state index >= 15 is 0 Å². The molecule has 2 atom stereocenters. The number of aromatic nitrogens is 2. The van der Waals surface area contributed by atoms with Crippen molar-refractivity contribution in [3.05, 3.63) is 17.0 Å². The van der Waals surface area contributed by atoms with Gasteiger partial charge >= 0.3 is 0 Å². The summed E-state index contributed by atoms with van der Waals surface area (Å²) in [7, 11) is 1.71. The molecule has 3 rings (SSSR count). The van der Waals surface area contributed by atoms with Gasteiger partial charge in [-0.2, -0.15) is 5.10 Å². The number of nitrogens with one attached hydrogen (secondary N) is 1. The molecule has 0 bridgehead atoms. The minimum atomic E-state index is -0.272. The molecule has 2 aliphatic rings. The molecule has 2 fully saturated rings. The first-order valence-electron chi connectivity index (χ1n) is 8.01. The molecule has 122 valence electrons. The number of H-pyrrole nitrogens is 1. The summed E-state index contributed by atoms with van der Waals surface area (Å²) >= 11 is 0. The van der Waals surface area contributed by atoms with E-state index in [0.29, 0.717) is 19.5 Å². The molecule has 22 heavy (non-hydrogen) atoms. The van der Waals surface area contributed by atoms with E-state index in [0.717, 1.165) is 42.8 Å². The Balaban J connectivity index is 1.61. The molecule has 1 spiro atoms. The summed E-state index contributed by atoms with van der Waals surface area (Å²) in [5, 5.41) is 7.16. The van der Waals surface area contributed by atoms with Crippen LogP contribution in [0.5, 0.6) is 0 Å². The molecule has 2 saturated heterocycles. The number of ether oxygens (including phenoxy) is 2. The van der Waals surface area contributed by atoms with Gasteiger partial charge in [0.05, 0.1) is 12.2 Å². The summed E-state index contributed by atoms with van der Waals surface area (Å²) in [6, 6.07) is 0. The van der Waals surface area contributed by atoms with Crippen molar-refractivity contribution in [2.45, 2.75) is 51.2 Å². The molecule has 1 N–H and O–H groups in total. The number of nitrogens with zero attached hydrogens (tertiary/aromatic N) is 2. The monoisotopic (exact) mass is 307 g/mol. The van der Waals surface area contributed by atoms with Crippen molar-refractivity contribution in [1.29, 1.82) is 0 Å². The first-order chi connectivity index (χ1) is 10.6. The van der Waals surface area contributed by atoms with Gasteiger partial charge in [-0.05, 0) is 38.7 Å². The number of amides is 1. The van der Waals surface area contributed by atoms with Crippen LogP contribution in [0.2, 0.25) is 0 Å². The Kier molecular flexibility index (Phi) is 4.23. The Morgan fingerprint density at radius 2 is 2.36 bits per heavy atom. The summed E-state index contributed by atoms with van der Waals surface area (Å²) in [6.45, 7) is 6.04. The number of hydrogen-bond donors (Lipinski definition) is 1. The second-order valence-corrected chi connectivity index (χ2v) is 6.43. The van der Waals surface area contributed by atoms with E-state index in [4.69, 9.17) is 9.47 Å². The van der Waals surface area contributed by atoms with Crippen LogP contribution in [0, 0.1) is 13.8 Å². The van der Waals surface area contributed by atoms with Crippen LogP contribution in [-0.4, -0.2) is 59.5 Å². The average molecular weight is 307 g/mol. The molecule has 0 aliphatic carbocycles. The summed E-state index contributed by atoms with van der Waals surface area (Å²) < 4.78 is 11.5. The Hall–Kier alpha value is -1.40. The van der Waals surface area contributed by atoms with Gasteiger partial charge < -0.3 is 14.4 Å². The van der Waals surface area contributed by atoms with Gasteiger partial charge in [0.15, 0.2) is 0 Å². The van der Waals surface area contributed by atoms with E-state index in [-0.39, 0.29) is 17.6 Å². The van der Waals surface area contributed by atoms with Crippen molar-refractivity contribution in [3.8, 4) is 0 Å². The lowest BCUT2D eigenvalue weighted by atomic mass is 9.96. The summed E-state index contributed by atoms with van der Waals surface area (Å²) in [6.07, 6.45) is 3.27. The summed E-state index contributed by atoms with van der Waals surface area (Å²) in [4.78, 5) is 14.5. The number of aryl methyl sites for hydroxylation is 2. The zero-order valence-corrected chi connectivity index (χ0v) is 13.6. The van der Waals surface area contributed by atoms with Crippen molar-refractivity contribution in [2.24, 2.45) is 0 Å². The number of carbonyl (C=O) groups excluding carboxylic acids is 1. The molecule has 0 saturated carbocycles. The maximum absolute atomic E-state index is 12.5. The SMILES string of the molecule is CO[C@H]1CN(C(=O)CCc2c(C)n[nH]c2C)C[C@@]12CCCO2. The predicted molar refractivity (Wildman–Crippen MR) is 81.7 cm³/mol. The fourth-order valence-corrected chi connectivity index (χ4v) is 3.77. The highest BCUT2D eigenvalue weighted by molar-refractivity contribution is 5.77. The van der Waals surface area contributed by atoms with Gasteiger partial charge in [0.25, 0.3) is 0 Å². The highest BCUT2D eigenvalue weighted by atomic mass is 16.6. The Labute approximate surface area is 131 Å². The highest BCUT2D eigenvalue weighted by Crippen LogP contribution is 2.37. The Morgan fingerprint density at radius 3 is 2.95 bits per heavy atom. The van der Waals surface area contributed by atoms with Gasteiger partial charge in [-0.15, -0.1) is 0 Å². The van der Waals surface area contributed by atoms with Crippen LogP contribution in [0.4, 0.5) is 0 Å². The van der Waals surface area contributed by atoms with Gasteiger partial charge in [-0.1, -0.05) is 0 Å². The molecule has 2 aliphatic heterocycles. The highest BCUT2D eigenvalue weighted by Gasteiger charge is 2.51. The quantitative estimate of drug-likeness (QED) is 0.912. The second kappa shape index (κ2) is 6.01. The Bertz CT molecular complexity index is 529. The fraction of sp³-hybridized carbons (Fsp3) is 0.750. The minimum Gasteiger partial charge on any atom is -0.377 e. The van der Waals surface area contributed by atoms with Gasteiger partial charge in [-0.25, -0.2) is 0 Å². The Morgan fingerprint density at radius 1 is 1.55 bits per heavy atom. The molecule has 1 aromatic heterocycles. The minimum absolute atomic E-state index is 0.00338. The molecule has 0 aromatic carbocycles. The van der Waals surface area contributed by atoms with E-state index in [9.17, 15) is 4.79 Å². The van der Waals surface area contributed by atoms with Crippen molar-refractivity contribution in [2.75, 3.05) is 26.8 Å². The van der Waals surface area contributed by atoms with E-state index in [1.807, 2.05) is 18.7 Å².